The fraction of sp³-hybridized carbons (Fsp3) is 0.354. The second-order valence-electron chi connectivity index (χ2n) is 25.2. The zero-order valence-corrected chi connectivity index (χ0v) is 43.7. The molecular formula is C65H73BN2. The van der Waals surface area contributed by atoms with Gasteiger partial charge in [-0.1, -0.05) is 195 Å². The second kappa shape index (κ2) is 15.9. The lowest BCUT2D eigenvalue weighted by Crippen LogP contribution is -2.62. The van der Waals surface area contributed by atoms with Gasteiger partial charge in [-0.05, 0) is 161 Å². The summed E-state index contributed by atoms with van der Waals surface area (Å²) in [6, 6.07) is 54.8. The van der Waals surface area contributed by atoms with Gasteiger partial charge in [0.05, 0.1) is 5.69 Å². The Bertz CT molecular complexity index is 3110. The van der Waals surface area contributed by atoms with Gasteiger partial charge in [0.1, 0.15) is 0 Å². The normalized spacial score (nSPS) is 16.0. The topological polar surface area (TPSA) is 6.48 Å². The van der Waals surface area contributed by atoms with E-state index in [0.29, 0.717) is 5.92 Å². The van der Waals surface area contributed by atoms with Gasteiger partial charge in [-0.3, -0.25) is 0 Å². The SMILES string of the molecule is CC(C)c1cc2c3c(c1)N(c1ccc(C(C)(C)C)cc1-c1ccccc1-c1ccccc1)c1cc4c(cc1B3c1ccc(C(C)(C)C)cc1N2c1cccc(C(C)(C)C)c1)C(C)(C)CCC4(C)C. The highest BCUT2D eigenvalue weighted by molar-refractivity contribution is 7.00. The summed E-state index contributed by atoms with van der Waals surface area (Å²) in [6.45, 7) is 35.8. The summed E-state index contributed by atoms with van der Waals surface area (Å²) >= 11 is 0. The van der Waals surface area contributed by atoms with Crippen molar-refractivity contribution in [3.05, 3.63) is 173 Å². The molecule has 0 unspecified atom stereocenters. The second-order valence-corrected chi connectivity index (χ2v) is 25.2. The number of nitrogens with zero attached hydrogens (tertiary/aromatic N) is 2. The smallest absolute Gasteiger partial charge is 0.252 e. The maximum Gasteiger partial charge on any atom is 0.252 e. The summed E-state index contributed by atoms with van der Waals surface area (Å²) in [5, 5.41) is 0. The molecule has 3 aliphatic rings. The van der Waals surface area contributed by atoms with Crippen LogP contribution in [0.2, 0.25) is 0 Å². The van der Waals surface area contributed by atoms with E-state index in [1.54, 1.807) is 0 Å². The van der Waals surface area contributed by atoms with Crippen LogP contribution in [0.25, 0.3) is 22.3 Å². The maximum atomic E-state index is 2.72. The van der Waals surface area contributed by atoms with Gasteiger partial charge in [0.25, 0.3) is 6.71 Å². The first-order chi connectivity index (χ1) is 31.9. The summed E-state index contributed by atoms with van der Waals surface area (Å²) in [6.07, 6.45) is 2.32. The molecule has 68 heavy (non-hydrogen) atoms. The molecule has 2 aliphatic heterocycles. The molecule has 3 heteroatoms. The van der Waals surface area contributed by atoms with E-state index in [1.165, 1.54) is 106 Å². The number of hydrogen-bond acceptors (Lipinski definition) is 2. The molecule has 0 fully saturated rings. The van der Waals surface area contributed by atoms with Gasteiger partial charge in [-0.2, -0.15) is 0 Å². The lowest BCUT2D eigenvalue weighted by molar-refractivity contribution is 0.332. The van der Waals surface area contributed by atoms with Crippen molar-refractivity contribution in [2.45, 2.75) is 150 Å². The van der Waals surface area contributed by atoms with E-state index in [9.17, 15) is 0 Å². The third-order valence-corrected chi connectivity index (χ3v) is 16.0. The molecule has 346 valence electrons. The standard InChI is InChI=1S/C65H73BN2/c1-41(2)43-34-58-60-59(35-43)68(55-31-29-45(62(6,7)8)37-50(55)49-27-20-19-26-48(49)42-22-17-16-18-23-42)57-40-52-51(64(12,13)32-33-65(52,14)15)39-54(57)66(60)53-30-28-46(63(9,10)11)38-56(53)67(58)47-25-21-24-44(36-47)61(3,4)5/h16-31,34-41H,32-33H2,1-15H3. The van der Waals surface area contributed by atoms with Crippen LogP contribution >= 0.6 is 0 Å². The molecule has 10 rings (SSSR count). The van der Waals surface area contributed by atoms with Crippen LogP contribution in [-0.2, 0) is 27.1 Å². The van der Waals surface area contributed by atoms with Crippen molar-refractivity contribution in [1.29, 1.82) is 0 Å². The van der Waals surface area contributed by atoms with Gasteiger partial charge in [0.15, 0.2) is 0 Å². The van der Waals surface area contributed by atoms with Crippen molar-refractivity contribution in [3.63, 3.8) is 0 Å². The number of anilines is 6. The Morgan fingerprint density at radius 1 is 0.441 bits per heavy atom. The molecule has 0 aromatic heterocycles. The summed E-state index contributed by atoms with van der Waals surface area (Å²) < 4.78 is 0. The molecule has 0 atom stereocenters. The van der Waals surface area contributed by atoms with Crippen molar-refractivity contribution in [2.75, 3.05) is 9.80 Å². The lowest BCUT2D eigenvalue weighted by atomic mass is 9.33. The minimum Gasteiger partial charge on any atom is -0.311 e. The number of hydrogen-bond donors (Lipinski definition) is 0. The van der Waals surface area contributed by atoms with Crippen molar-refractivity contribution in [3.8, 4) is 22.3 Å². The Labute approximate surface area is 409 Å². The molecule has 0 bridgehead atoms. The summed E-state index contributed by atoms with van der Waals surface area (Å²) in [7, 11) is 0. The zero-order valence-electron chi connectivity index (χ0n) is 43.7. The molecule has 7 aromatic rings. The van der Waals surface area contributed by atoms with Crippen molar-refractivity contribution in [1.82, 2.24) is 0 Å². The predicted molar refractivity (Wildman–Crippen MR) is 297 cm³/mol. The Balaban J connectivity index is 1.37. The summed E-state index contributed by atoms with van der Waals surface area (Å²) in [4.78, 5) is 5.36. The van der Waals surface area contributed by atoms with Gasteiger partial charge < -0.3 is 9.80 Å². The van der Waals surface area contributed by atoms with Gasteiger partial charge in [-0.15, -0.1) is 0 Å². The average molecular weight is 893 g/mol. The van der Waals surface area contributed by atoms with E-state index in [2.05, 4.69) is 253 Å². The minimum absolute atomic E-state index is 0.00923. The van der Waals surface area contributed by atoms with Gasteiger partial charge in [0, 0.05) is 34.0 Å². The van der Waals surface area contributed by atoms with Crippen molar-refractivity contribution >= 4 is 57.2 Å². The van der Waals surface area contributed by atoms with E-state index in [1.807, 2.05) is 0 Å². The molecule has 0 saturated heterocycles. The quantitative estimate of drug-likeness (QED) is 0.159. The predicted octanol–water partition coefficient (Wildman–Crippen LogP) is 16.5. The van der Waals surface area contributed by atoms with E-state index >= 15 is 0 Å². The highest BCUT2D eigenvalue weighted by atomic mass is 15.2. The monoisotopic (exact) mass is 893 g/mol. The van der Waals surface area contributed by atoms with Crippen LogP contribution in [0, 0.1) is 0 Å². The van der Waals surface area contributed by atoms with E-state index in [-0.39, 0.29) is 33.8 Å². The van der Waals surface area contributed by atoms with Crippen LogP contribution in [0.3, 0.4) is 0 Å². The largest absolute Gasteiger partial charge is 0.311 e. The number of rotatable bonds is 5. The van der Waals surface area contributed by atoms with Crippen LogP contribution < -0.4 is 26.2 Å². The molecule has 0 amide bonds. The molecule has 0 radical (unpaired) electrons. The Morgan fingerprint density at radius 3 is 1.62 bits per heavy atom. The summed E-state index contributed by atoms with van der Waals surface area (Å²) in [5.41, 5.74) is 25.0. The van der Waals surface area contributed by atoms with E-state index in [4.69, 9.17) is 0 Å². The third-order valence-electron chi connectivity index (χ3n) is 16.0. The molecule has 2 nitrogen and oxygen atoms in total. The van der Waals surface area contributed by atoms with Gasteiger partial charge in [-0.25, -0.2) is 0 Å². The summed E-state index contributed by atoms with van der Waals surface area (Å²) in [5.74, 6) is 0.299. The minimum atomic E-state index is -0.0526. The Hall–Kier alpha value is -5.80. The highest BCUT2D eigenvalue weighted by Gasteiger charge is 2.47. The Kier molecular flexibility index (Phi) is 10.7. The lowest BCUT2D eigenvalue weighted by Gasteiger charge is -2.48. The Morgan fingerprint density at radius 2 is 0.985 bits per heavy atom. The van der Waals surface area contributed by atoms with Crippen LogP contribution in [0.5, 0.6) is 0 Å². The van der Waals surface area contributed by atoms with Crippen molar-refractivity contribution < 1.29 is 0 Å². The molecule has 2 heterocycles. The fourth-order valence-electron chi connectivity index (χ4n) is 11.5. The molecule has 0 spiro atoms. The number of fused-ring (bicyclic) bond motifs is 5. The molecule has 0 saturated carbocycles. The van der Waals surface area contributed by atoms with Crippen LogP contribution in [0.1, 0.15) is 156 Å². The first-order valence-corrected chi connectivity index (χ1v) is 25.5. The number of benzene rings is 7. The zero-order chi connectivity index (χ0) is 48.5. The molecule has 1 aliphatic carbocycles. The average Bonchev–Trinajstić information content (AvgIpc) is 3.29. The molecular weight excluding hydrogens is 820 g/mol. The van der Waals surface area contributed by atoms with Crippen LogP contribution in [0.4, 0.5) is 34.1 Å². The van der Waals surface area contributed by atoms with E-state index in [0.717, 1.165) is 12.8 Å². The highest BCUT2D eigenvalue weighted by Crippen LogP contribution is 2.53. The van der Waals surface area contributed by atoms with Crippen molar-refractivity contribution in [2.24, 2.45) is 0 Å². The first-order valence-electron chi connectivity index (χ1n) is 25.5. The molecule has 7 aromatic carbocycles. The first kappa shape index (κ1) is 46.0. The van der Waals surface area contributed by atoms with Gasteiger partial charge >= 0.3 is 0 Å². The van der Waals surface area contributed by atoms with Crippen LogP contribution in [0.15, 0.2) is 140 Å². The van der Waals surface area contributed by atoms with Gasteiger partial charge in [0.2, 0.25) is 0 Å². The fourth-order valence-corrected chi connectivity index (χ4v) is 11.5. The maximum absolute atomic E-state index is 2.72. The van der Waals surface area contributed by atoms with Crippen LogP contribution in [-0.4, -0.2) is 6.71 Å². The third kappa shape index (κ3) is 7.64. The molecule has 0 N–H and O–H groups in total. The van der Waals surface area contributed by atoms with E-state index < -0.39 is 0 Å².